The van der Waals surface area contributed by atoms with Gasteiger partial charge in [-0.15, -0.1) is 11.6 Å². The molecule has 0 aliphatic heterocycles. The van der Waals surface area contributed by atoms with Crippen LogP contribution in [0.15, 0.2) is 33.3 Å². The van der Waals surface area contributed by atoms with Crippen molar-refractivity contribution in [1.29, 1.82) is 0 Å². The van der Waals surface area contributed by atoms with Crippen molar-refractivity contribution in [2.75, 3.05) is 0 Å². The number of benzene rings is 1. The molecule has 2 nitrogen and oxygen atoms in total. The summed E-state index contributed by atoms with van der Waals surface area (Å²) in [6, 6.07) is 6.07. The van der Waals surface area contributed by atoms with E-state index in [0.717, 1.165) is 15.8 Å². The minimum atomic E-state index is 0.295. The zero-order chi connectivity index (χ0) is 10.8. The van der Waals surface area contributed by atoms with E-state index in [9.17, 15) is 0 Å². The minimum Gasteiger partial charge on any atom is -0.439 e. The highest BCUT2D eigenvalue weighted by molar-refractivity contribution is 9.10. The van der Waals surface area contributed by atoms with Crippen LogP contribution < -0.4 is 0 Å². The highest BCUT2D eigenvalue weighted by Crippen LogP contribution is 2.29. The second-order valence-corrected chi connectivity index (χ2v) is 4.36. The molecular formula is C11H9BrClNO. The van der Waals surface area contributed by atoms with Crippen molar-refractivity contribution in [3.63, 3.8) is 0 Å². The number of hydrogen-bond donors (Lipinski definition) is 0. The Morgan fingerprint density at radius 1 is 1.47 bits per heavy atom. The largest absolute Gasteiger partial charge is 0.439 e. The van der Waals surface area contributed by atoms with Crippen LogP contribution in [0.25, 0.3) is 11.3 Å². The number of alkyl halides is 1. The van der Waals surface area contributed by atoms with Gasteiger partial charge in [-0.3, -0.25) is 0 Å². The van der Waals surface area contributed by atoms with Gasteiger partial charge in [-0.1, -0.05) is 22.0 Å². The number of aryl methyl sites for hydroxylation is 1. The van der Waals surface area contributed by atoms with E-state index in [1.807, 2.05) is 25.1 Å². The Bertz CT molecular complexity index is 481. The average molecular weight is 287 g/mol. The summed E-state index contributed by atoms with van der Waals surface area (Å²) in [6.45, 7) is 2.04. The summed E-state index contributed by atoms with van der Waals surface area (Å²) in [5, 5.41) is 0. The van der Waals surface area contributed by atoms with Crippen molar-refractivity contribution in [2.24, 2.45) is 0 Å². The molecule has 1 aromatic heterocycles. The summed E-state index contributed by atoms with van der Waals surface area (Å²) in [4.78, 5) is 4.06. The molecule has 0 unspecified atom stereocenters. The standard InChI is InChI=1S/C11H9BrClNO/c1-7-2-3-8(9(12)4-7)10-6-14-11(5-13)15-10/h2-4,6H,5H2,1H3. The Morgan fingerprint density at radius 3 is 2.87 bits per heavy atom. The first-order valence-electron chi connectivity index (χ1n) is 4.48. The number of aromatic nitrogens is 1. The molecule has 4 heteroatoms. The smallest absolute Gasteiger partial charge is 0.209 e. The Kier molecular flexibility index (Phi) is 3.12. The first kappa shape index (κ1) is 10.7. The van der Waals surface area contributed by atoms with Gasteiger partial charge in [0, 0.05) is 10.0 Å². The Morgan fingerprint density at radius 2 is 2.27 bits per heavy atom. The maximum Gasteiger partial charge on any atom is 0.209 e. The van der Waals surface area contributed by atoms with Crippen molar-refractivity contribution in [3.8, 4) is 11.3 Å². The molecule has 0 N–H and O–H groups in total. The van der Waals surface area contributed by atoms with E-state index in [1.165, 1.54) is 5.56 Å². The van der Waals surface area contributed by atoms with Crippen LogP contribution in [0.5, 0.6) is 0 Å². The van der Waals surface area contributed by atoms with Gasteiger partial charge < -0.3 is 4.42 Å². The lowest BCUT2D eigenvalue weighted by Gasteiger charge is -2.01. The molecule has 1 aromatic carbocycles. The highest BCUT2D eigenvalue weighted by Gasteiger charge is 2.08. The molecule has 0 saturated carbocycles. The monoisotopic (exact) mass is 285 g/mol. The SMILES string of the molecule is Cc1ccc(-c2cnc(CCl)o2)c(Br)c1. The van der Waals surface area contributed by atoms with Crippen LogP contribution in [-0.4, -0.2) is 4.98 Å². The molecule has 0 spiro atoms. The summed E-state index contributed by atoms with van der Waals surface area (Å²) in [7, 11) is 0. The van der Waals surface area contributed by atoms with E-state index in [-0.39, 0.29) is 0 Å². The lowest BCUT2D eigenvalue weighted by molar-refractivity contribution is 0.528. The van der Waals surface area contributed by atoms with Crippen molar-refractivity contribution in [2.45, 2.75) is 12.8 Å². The van der Waals surface area contributed by atoms with Crippen LogP contribution in [0, 0.1) is 6.92 Å². The number of oxazole rings is 1. The topological polar surface area (TPSA) is 26.0 Å². The van der Waals surface area contributed by atoms with Gasteiger partial charge in [0.25, 0.3) is 0 Å². The number of rotatable bonds is 2. The van der Waals surface area contributed by atoms with Crippen LogP contribution in [0.4, 0.5) is 0 Å². The lowest BCUT2D eigenvalue weighted by atomic mass is 10.1. The molecule has 0 aliphatic rings. The maximum absolute atomic E-state index is 5.62. The molecule has 0 bridgehead atoms. The molecular weight excluding hydrogens is 277 g/mol. The van der Waals surface area contributed by atoms with E-state index in [2.05, 4.69) is 20.9 Å². The second kappa shape index (κ2) is 4.37. The first-order valence-corrected chi connectivity index (χ1v) is 5.80. The predicted molar refractivity (Wildman–Crippen MR) is 63.9 cm³/mol. The summed E-state index contributed by atoms with van der Waals surface area (Å²) in [6.07, 6.45) is 1.69. The molecule has 0 aliphatic carbocycles. The second-order valence-electron chi connectivity index (χ2n) is 3.24. The third-order valence-corrected chi connectivity index (χ3v) is 2.94. The quantitative estimate of drug-likeness (QED) is 0.775. The zero-order valence-corrected chi connectivity index (χ0v) is 10.5. The van der Waals surface area contributed by atoms with Gasteiger partial charge in [0.2, 0.25) is 5.89 Å². The lowest BCUT2D eigenvalue weighted by Crippen LogP contribution is -1.78. The molecule has 2 rings (SSSR count). The van der Waals surface area contributed by atoms with Crippen molar-refractivity contribution in [3.05, 3.63) is 40.3 Å². The van der Waals surface area contributed by atoms with E-state index in [4.69, 9.17) is 16.0 Å². The molecule has 15 heavy (non-hydrogen) atoms. The predicted octanol–water partition coefficient (Wildman–Crippen LogP) is 4.15. The third-order valence-electron chi connectivity index (χ3n) is 2.06. The van der Waals surface area contributed by atoms with E-state index < -0.39 is 0 Å². The van der Waals surface area contributed by atoms with Gasteiger partial charge in [0.05, 0.1) is 12.1 Å². The number of nitrogens with zero attached hydrogens (tertiary/aromatic N) is 1. The van der Waals surface area contributed by atoms with E-state index >= 15 is 0 Å². The van der Waals surface area contributed by atoms with Gasteiger partial charge in [-0.25, -0.2) is 4.98 Å². The van der Waals surface area contributed by atoms with Crippen LogP contribution >= 0.6 is 27.5 Å². The van der Waals surface area contributed by atoms with Crippen LogP contribution in [0.2, 0.25) is 0 Å². The molecule has 2 aromatic rings. The highest BCUT2D eigenvalue weighted by atomic mass is 79.9. The fourth-order valence-electron chi connectivity index (χ4n) is 1.32. The fourth-order valence-corrected chi connectivity index (χ4v) is 2.13. The van der Waals surface area contributed by atoms with Gasteiger partial charge in [0.1, 0.15) is 0 Å². The van der Waals surface area contributed by atoms with Gasteiger partial charge >= 0.3 is 0 Å². The molecule has 0 atom stereocenters. The van der Waals surface area contributed by atoms with Gasteiger partial charge in [0.15, 0.2) is 5.76 Å². The Labute approximate surface area is 101 Å². The number of hydrogen-bond acceptors (Lipinski definition) is 2. The molecule has 0 amide bonds. The Balaban J connectivity index is 2.44. The Hall–Kier alpha value is -0.800. The summed E-state index contributed by atoms with van der Waals surface area (Å²) in [5.74, 6) is 1.57. The van der Waals surface area contributed by atoms with Crippen LogP contribution in [0.3, 0.4) is 0 Å². The average Bonchev–Trinajstić information content (AvgIpc) is 2.66. The van der Waals surface area contributed by atoms with Crippen LogP contribution in [0.1, 0.15) is 11.5 Å². The van der Waals surface area contributed by atoms with E-state index in [0.29, 0.717) is 11.8 Å². The molecule has 0 saturated heterocycles. The zero-order valence-electron chi connectivity index (χ0n) is 8.13. The van der Waals surface area contributed by atoms with Crippen molar-refractivity contribution < 1.29 is 4.42 Å². The summed E-state index contributed by atoms with van der Waals surface area (Å²) >= 11 is 9.12. The maximum atomic E-state index is 5.62. The van der Waals surface area contributed by atoms with Crippen molar-refractivity contribution >= 4 is 27.5 Å². The van der Waals surface area contributed by atoms with Gasteiger partial charge in [-0.05, 0) is 24.6 Å². The molecule has 1 heterocycles. The molecule has 0 radical (unpaired) electrons. The minimum absolute atomic E-state index is 0.295. The number of halogens is 2. The molecule has 0 fully saturated rings. The molecule has 78 valence electrons. The normalized spacial score (nSPS) is 10.6. The third kappa shape index (κ3) is 2.24. The first-order chi connectivity index (χ1) is 7.20. The van der Waals surface area contributed by atoms with Crippen molar-refractivity contribution in [1.82, 2.24) is 4.98 Å². The fraction of sp³-hybridized carbons (Fsp3) is 0.182. The van der Waals surface area contributed by atoms with Gasteiger partial charge in [-0.2, -0.15) is 0 Å². The summed E-state index contributed by atoms with van der Waals surface area (Å²) in [5.41, 5.74) is 2.19. The van der Waals surface area contributed by atoms with Crippen LogP contribution in [-0.2, 0) is 5.88 Å². The van der Waals surface area contributed by atoms with E-state index in [1.54, 1.807) is 6.20 Å². The summed E-state index contributed by atoms with van der Waals surface area (Å²) < 4.78 is 6.47.